The van der Waals surface area contributed by atoms with Gasteiger partial charge in [-0.05, 0) is 37.6 Å². The molecule has 0 saturated carbocycles. The summed E-state index contributed by atoms with van der Waals surface area (Å²) in [6, 6.07) is 3.85. The summed E-state index contributed by atoms with van der Waals surface area (Å²) >= 11 is 0. The quantitative estimate of drug-likeness (QED) is 0.824. The van der Waals surface area contributed by atoms with Crippen LogP contribution in [-0.2, 0) is 9.53 Å². The first kappa shape index (κ1) is 14.5. The summed E-state index contributed by atoms with van der Waals surface area (Å²) in [6.07, 6.45) is 1.78. The lowest BCUT2D eigenvalue weighted by molar-refractivity contribution is -0.120. The molecule has 5 nitrogen and oxygen atoms in total. The zero-order chi connectivity index (χ0) is 14.5. The molecule has 6 heteroatoms. The summed E-state index contributed by atoms with van der Waals surface area (Å²) in [6.45, 7) is 1.56. The van der Waals surface area contributed by atoms with Crippen molar-refractivity contribution < 1.29 is 18.7 Å². The number of carbonyl (C=O) groups excluding carboxylic acids is 2. The van der Waals surface area contributed by atoms with Crippen LogP contribution in [0, 0.1) is 11.7 Å². The topological polar surface area (TPSA) is 67.4 Å². The predicted octanol–water partition coefficient (Wildman–Crippen LogP) is 1.55. The van der Waals surface area contributed by atoms with Gasteiger partial charge in [0.05, 0.1) is 18.6 Å². The van der Waals surface area contributed by atoms with Crippen molar-refractivity contribution in [1.82, 2.24) is 5.32 Å². The van der Waals surface area contributed by atoms with Gasteiger partial charge in [-0.2, -0.15) is 0 Å². The smallest absolute Gasteiger partial charge is 0.340 e. The molecule has 1 aromatic rings. The third-order valence-electron chi connectivity index (χ3n) is 3.31. The van der Waals surface area contributed by atoms with E-state index in [0.29, 0.717) is 12.2 Å². The predicted molar refractivity (Wildman–Crippen MR) is 72.0 cm³/mol. The lowest BCUT2D eigenvalue weighted by atomic mass is 9.98. The minimum absolute atomic E-state index is 0.102. The molecule has 0 aromatic heterocycles. The highest BCUT2D eigenvalue weighted by atomic mass is 19.1. The Morgan fingerprint density at radius 3 is 2.90 bits per heavy atom. The summed E-state index contributed by atoms with van der Waals surface area (Å²) in [5, 5.41) is 5.86. The van der Waals surface area contributed by atoms with Crippen molar-refractivity contribution in [2.75, 3.05) is 25.5 Å². The SMILES string of the molecule is COC(=O)c1cc(NC(=O)[C@H]2CCCNC2)ccc1F. The maximum atomic E-state index is 13.5. The average molecular weight is 280 g/mol. The van der Waals surface area contributed by atoms with Gasteiger partial charge in [0.2, 0.25) is 5.91 Å². The second kappa shape index (κ2) is 6.47. The summed E-state index contributed by atoms with van der Waals surface area (Å²) in [5.74, 6) is -1.66. The van der Waals surface area contributed by atoms with Crippen LogP contribution < -0.4 is 10.6 Å². The molecule has 0 aliphatic carbocycles. The fraction of sp³-hybridized carbons (Fsp3) is 0.429. The molecule has 20 heavy (non-hydrogen) atoms. The lowest BCUT2D eigenvalue weighted by Crippen LogP contribution is -2.37. The standard InChI is InChI=1S/C14H17FN2O3/c1-20-14(19)11-7-10(4-5-12(11)15)17-13(18)9-3-2-6-16-8-9/h4-5,7,9,16H,2-3,6,8H2,1H3,(H,17,18)/t9-/m0/s1. The number of esters is 1. The number of ether oxygens (including phenoxy) is 1. The Labute approximate surface area is 116 Å². The molecule has 2 N–H and O–H groups in total. The van der Waals surface area contributed by atoms with Gasteiger partial charge in [0, 0.05) is 12.2 Å². The molecule has 2 rings (SSSR count). The Balaban J connectivity index is 2.09. The van der Waals surface area contributed by atoms with Crippen molar-refractivity contribution in [3.05, 3.63) is 29.6 Å². The molecule has 1 aliphatic rings. The van der Waals surface area contributed by atoms with E-state index in [4.69, 9.17) is 0 Å². The molecule has 1 atom stereocenters. The van der Waals surface area contributed by atoms with Crippen LogP contribution in [0.4, 0.5) is 10.1 Å². The first-order valence-electron chi connectivity index (χ1n) is 6.51. The molecule has 1 aromatic carbocycles. The summed E-state index contributed by atoms with van der Waals surface area (Å²) in [5.41, 5.74) is 0.203. The number of rotatable bonds is 3. The van der Waals surface area contributed by atoms with E-state index >= 15 is 0 Å². The van der Waals surface area contributed by atoms with Crippen LogP contribution in [0.25, 0.3) is 0 Å². The highest BCUT2D eigenvalue weighted by molar-refractivity contribution is 5.95. The van der Waals surface area contributed by atoms with Gasteiger partial charge < -0.3 is 15.4 Å². The number of amides is 1. The van der Waals surface area contributed by atoms with Crippen molar-refractivity contribution >= 4 is 17.6 Å². The average Bonchev–Trinajstić information content (AvgIpc) is 2.49. The van der Waals surface area contributed by atoms with E-state index in [0.717, 1.165) is 25.5 Å². The van der Waals surface area contributed by atoms with Crippen LogP contribution in [0.2, 0.25) is 0 Å². The van der Waals surface area contributed by atoms with Crippen molar-refractivity contribution in [3.8, 4) is 0 Å². The minimum Gasteiger partial charge on any atom is -0.465 e. The van der Waals surface area contributed by atoms with E-state index in [1.54, 1.807) is 0 Å². The summed E-state index contributed by atoms with van der Waals surface area (Å²) in [4.78, 5) is 23.4. The third-order valence-corrected chi connectivity index (χ3v) is 3.31. The minimum atomic E-state index is -0.766. The van der Waals surface area contributed by atoms with Crippen LogP contribution in [0.15, 0.2) is 18.2 Å². The van der Waals surface area contributed by atoms with Gasteiger partial charge >= 0.3 is 5.97 Å². The molecule has 1 fully saturated rings. The molecule has 0 radical (unpaired) electrons. The molecule has 1 saturated heterocycles. The fourth-order valence-electron chi connectivity index (χ4n) is 2.19. The monoisotopic (exact) mass is 280 g/mol. The number of benzene rings is 1. The van der Waals surface area contributed by atoms with E-state index in [-0.39, 0.29) is 17.4 Å². The molecular formula is C14H17FN2O3. The molecular weight excluding hydrogens is 263 g/mol. The fourth-order valence-corrected chi connectivity index (χ4v) is 2.19. The highest BCUT2D eigenvalue weighted by Crippen LogP contribution is 2.18. The van der Waals surface area contributed by atoms with Gasteiger partial charge in [-0.25, -0.2) is 9.18 Å². The molecule has 0 unspecified atom stereocenters. The zero-order valence-corrected chi connectivity index (χ0v) is 11.2. The number of halogens is 1. The molecule has 1 heterocycles. The summed E-state index contributed by atoms with van der Waals surface area (Å²) in [7, 11) is 1.18. The Morgan fingerprint density at radius 2 is 2.25 bits per heavy atom. The van der Waals surface area contributed by atoms with Crippen LogP contribution in [0.5, 0.6) is 0 Å². The third kappa shape index (κ3) is 3.33. The van der Waals surface area contributed by atoms with Crippen molar-refractivity contribution in [3.63, 3.8) is 0 Å². The Bertz CT molecular complexity index is 513. The van der Waals surface area contributed by atoms with Crippen molar-refractivity contribution in [2.45, 2.75) is 12.8 Å². The Morgan fingerprint density at radius 1 is 1.45 bits per heavy atom. The first-order chi connectivity index (χ1) is 9.61. The molecule has 0 spiro atoms. The summed E-state index contributed by atoms with van der Waals surface area (Å²) < 4.78 is 18.0. The number of carbonyl (C=O) groups is 2. The molecule has 1 amide bonds. The van der Waals surface area contributed by atoms with Crippen molar-refractivity contribution in [1.29, 1.82) is 0 Å². The molecule has 108 valence electrons. The first-order valence-corrected chi connectivity index (χ1v) is 6.51. The number of piperidine rings is 1. The van der Waals surface area contributed by atoms with E-state index < -0.39 is 11.8 Å². The molecule has 1 aliphatic heterocycles. The highest BCUT2D eigenvalue weighted by Gasteiger charge is 2.21. The number of anilines is 1. The number of nitrogens with one attached hydrogen (secondary N) is 2. The van der Waals surface area contributed by atoms with Gasteiger partial charge in [0.1, 0.15) is 5.82 Å². The van der Waals surface area contributed by atoms with Gasteiger partial charge in [0.25, 0.3) is 0 Å². The lowest BCUT2D eigenvalue weighted by Gasteiger charge is -2.22. The molecule has 0 bridgehead atoms. The second-order valence-corrected chi connectivity index (χ2v) is 4.72. The van der Waals surface area contributed by atoms with E-state index in [9.17, 15) is 14.0 Å². The Hall–Kier alpha value is -1.95. The number of hydrogen-bond acceptors (Lipinski definition) is 4. The largest absolute Gasteiger partial charge is 0.465 e. The van der Waals surface area contributed by atoms with Crippen LogP contribution in [-0.4, -0.2) is 32.1 Å². The van der Waals surface area contributed by atoms with E-state index in [1.807, 2.05) is 0 Å². The maximum absolute atomic E-state index is 13.5. The van der Waals surface area contributed by atoms with E-state index in [2.05, 4.69) is 15.4 Å². The van der Waals surface area contributed by atoms with Gasteiger partial charge in [-0.3, -0.25) is 4.79 Å². The van der Waals surface area contributed by atoms with Gasteiger partial charge in [-0.1, -0.05) is 0 Å². The number of hydrogen-bond donors (Lipinski definition) is 2. The van der Waals surface area contributed by atoms with Crippen LogP contribution in [0.1, 0.15) is 23.2 Å². The second-order valence-electron chi connectivity index (χ2n) is 4.72. The Kier molecular flexibility index (Phi) is 4.68. The normalized spacial score (nSPS) is 18.4. The van der Waals surface area contributed by atoms with Gasteiger partial charge in [0.15, 0.2) is 0 Å². The zero-order valence-electron chi connectivity index (χ0n) is 11.2. The van der Waals surface area contributed by atoms with Crippen molar-refractivity contribution in [2.24, 2.45) is 5.92 Å². The number of methoxy groups -OCH3 is 1. The van der Waals surface area contributed by atoms with E-state index in [1.165, 1.54) is 19.2 Å². The van der Waals surface area contributed by atoms with Gasteiger partial charge in [-0.15, -0.1) is 0 Å². The van der Waals surface area contributed by atoms with Crippen LogP contribution >= 0.6 is 0 Å². The maximum Gasteiger partial charge on any atom is 0.340 e. The van der Waals surface area contributed by atoms with Crippen LogP contribution in [0.3, 0.4) is 0 Å².